The van der Waals surface area contributed by atoms with Gasteiger partial charge in [-0.1, -0.05) is 64.6 Å². The monoisotopic (exact) mass is 581 g/mol. The number of sulfonamides is 1. The molecule has 1 unspecified atom stereocenters. The molecule has 0 saturated heterocycles. The molecular formula is C26H26Cl3N3O4S. The minimum Gasteiger partial charge on any atom is -0.357 e. The maximum absolute atomic E-state index is 13.8. The molecule has 196 valence electrons. The van der Waals surface area contributed by atoms with Crippen molar-refractivity contribution >= 4 is 62.3 Å². The second-order valence-corrected chi connectivity index (χ2v) is 11.6. The first-order valence-corrected chi connectivity index (χ1v) is 13.8. The molecule has 0 saturated carbocycles. The van der Waals surface area contributed by atoms with Crippen LogP contribution in [0, 0.1) is 6.92 Å². The summed E-state index contributed by atoms with van der Waals surface area (Å²) in [5.41, 5.74) is 1.71. The molecule has 0 aliphatic carbocycles. The molecule has 1 N–H and O–H groups in total. The van der Waals surface area contributed by atoms with Gasteiger partial charge < -0.3 is 10.2 Å². The lowest BCUT2D eigenvalue weighted by molar-refractivity contribution is -0.139. The van der Waals surface area contributed by atoms with E-state index < -0.39 is 34.4 Å². The summed E-state index contributed by atoms with van der Waals surface area (Å²) in [6.07, 6.45) is 0. The van der Waals surface area contributed by atoms with E-state index in [1.54, 1.807) is 43.3 Å². The van der Waals surface area contributed by atoms with Crippen LogP contribution >= 0.6 is 34.8 Å². The number of benzene rings is 3. The molecule has 1 atom stereocenters. The average molecular weight is 583 g/mol. The highest BCUT2D eigenvalue weighted by Gasteiger charge is 2.32. The summed E-state index contributed by atoms with van der Waals surface area (Å²) in [7, 11) is -2.75. The molecule has 0 spiro atoms. The van der Waals surface area contributed by atoms with Crippen molar-refractivity contribution < 1.29 is 18.0 Å². The second kappa shape index (κ2) is 12.2. The highest BCUT2D eigenvalue weighted by molar-refractivity contribution is 7.92. The van der Waals surface area contributed by atoms with E-state index in [1.807, 2.05) is 6.92 Å². The van der Waals surface area contributed by atoms with Crippen molar-refractivity contribution in [1.29, 1.82) is 0 Å². The Morgan fingerprint density at radius 1 is 0.892 bits per heavy atom. The fraction of sp³-hybridized carbons (Fsp3) is 0.231. The van der Waals surface area contributed by atoms with Gasteiger partial charge in [0.2, 0.25) is 11.8 Å². The van der Waals surface area contributed by atoms with E-state index in [0.29, 0.717) is 10.6 Å². The molecule has 0 bridgehead atoms. The van der Waals surface area contributed by atoms with Gasteiger partial charge in [-0.2, -0.15) is 0 Å². The Morgan fingerprint density at radius 2 is 1.46 bits per heavy atom. The van der Waals surface area contributed by atoms with Crippen LogP contribution in [0.5, 0.6) is 0 Å². The van der Waals surface area contributed by atoms with Gasteiger partial charge in [0.15, 0.2) is 0 Å². The zero-order valence-electron chi connectivity index (χ0n) is 20.4. The summed E-state index contributed by atoms with van der Waals surface area (Å²) in [4.78, 5) is 27.5. The van der Waals surface area contributed by atoms with Crippen LogP contribution in [0.4, 0.5) is 5.69 Å². The highest BCUT2D eigenvalue weighted by atomic mass is 35.5. The van der Waals surface area contributed by atoms with Crippen LogP contribution < -0.4 is 9.62 Å². The number of carbonyl (C=O) groups is 2. The number of halogens is 3. The number of hydrogen-bond acceptors (Lipinski definition) is 4. The lowest BCUT2D eigenvalue weighted by Crippen LogP contribution is -2.50. The summed E-state index contributed by atoms with van der Waals surface area (Å²) in [6, 6.07) is 16.5. The molecule has 0 aliphatic heterocycles. The molecule has 3 aromatic carbocycles. The Morgan fingerprint density at radius 3 is 2.00 bits per heavy atom. The first kappa shape index (κ1) is 28.8. The second-order valence-electron chi connectivity index (χ2n) is 8.39. The van der Waals surface area contributed by atoms with Crippen molar-refractivity contribution in [3.8, 4) is 0 Å². The highest BCUT2D eigenvalue weighted by Crippen LogP contribution is 2.30. The Kier molecular flexibility index (Phi) is 9.47. The number of aryl methyl sites for hydroxylation is 1. The Bertz CT molecular complexity index is 1360. The van der Waals surface area contributed by atoms with E-state index in [9.17, 15) is 18.0 Å². The van der Waals surface area contributed by atoms with Gasteiger partial charge in [-0.15, -0.1) is 0 Å². The largest absolute Gasteiger partial charge is 0.357 e. The molecule has 37 heavy (non-hydrogen) atoms. The van der Waals surface area contributed by atoms with E-state index in [2.05, 4.69) is 5.32 Å². The van der Waals surface area contributed by atoms with Crippen LogP contribution in [0.1, 0.15) is 18.1 Å². The number of amides is 2. The number of anilines is 1. The van der Waals surface area contributed by atoms with Crippen LogP contribution in [-0.4, -0.2) is 44.8 Å². The molecule has 2 amide bonds. The first-order chi connectivity index (χ1) is 17.4. The third kappa shape index (κ3) is 7.17. The summed E-state index contributed by atoms with van der Waals surface area (Å²) in [5, 5.41) is 3.47. The molecule has 0 aliphatic rings. The number of likely N-dealkylation sites (N-methyl/N-ethyl adjacent to an activating group) is 1. The van der Waals surface area contributed by atoms with Crippen molar-refractivity contribution in [3.05, 3.63) is 92.9 Å². The van der Waals surface area contributed by atoms with Gasteiger partial charge in [0.25, 0.3) is 10.0 Å². The zero-order chi connectivity index (χ0) is 27.3. The van der Waals surface area contributed by atoms with Gasteiger partial charge in [0.1, 0.15) is 12.6 Å². The van der Waals surface area contributed by atoms with E-state index in [1.165, 1.54) is 42.3 Å². The van der Waals surface area contributed by atoms with E-state index >= 15 is 0 Å². The maximum atomic E-state index is 13.8. The maximum Gasteiger partial charge on any atom is 0.264 e. The van der Waals surface area contributed by atoms with Crippen LogP contribution in [0.15, 0.2) is 71.6 Å². The summed E-state index contributed by atoms with van der Waals surface area (Å²) in [6.45, 7) is 2.87. The van der Waals surface area contributed by atoms with Crippen LogP contribution in [0.3, 0.4) is 0 Å². The third-order valence-electron chi connectivity index (χ3n) is 5.70. The van der Waals surface area contributed by atoms with E-state index in [0.717, 1.165) is 9.87 Å². The zero-order valence-corrected chi connectivity index (χ0v) is 23.5. The first-order valence-electron chi connectivity index (χ1n) is 11.2. The predicted molar refractivity (Wildman–Crippen MR) is 148 cm³/mol. The third-order valence-corrected chi connectivity index (χ3v) is 8.18. The lowest BCUT2D eigenvalue weighted by Gasteiger charge is -2.32. The Hall–Kier alpha value is -2.78. The normalized spacial score (nSPS) is 12.1. The van der Waals surface area contributed by atoms with Crippen molar-refractivity contribution in [1.82, 2.24) is 10.2 Å². The molecule has 0 radical (unpaired) electrons. The van der Waals surface area contributed by atoms with Crippen molar-refractivity contribution in [2.24, 2.45) is 0 Å². The summed E-state index contributed by atoms with van der Waals surface area (Å²) < 4.78 is 28.5. The smallest absolute Gasteiger partial charge is 0.264 e. The molecule has 3 rings (SSSR count). The van der Waals surface area contributed by atoms with Crippen LogP contribution in [0.2, 0.25) is 15.1 Å². The number of hydrogen-bond donors (Lipinski definition) is 1. The minimum atomic E-state index is -4.21. The number of rotatable bonds is 9. The van der Waals surface area contributed by atoms with Crippen molar-refractivity contribution in [2.45, 2.75) is 31.3 Å². The number of nitrogens with zero attached hydrogens (tertiary/aromatic N) is 2. The molecule has 7 nitrogen and oxygen atoms in total. The average Bonchev–Trinajstić information content (AvgIpc) is 2.85. The van der Waals surface area contributed by atoms with Gasteiger partial charge >= 0.3 is 0 Å². The van der Waals surface area contributed by atoms with Crippen LogP contribution in [-0.2, 0) is 26.2 Å². The minimum absolute atomic E-state index is 0.00870. The standard InChI is InChI=1S/C26H26Cl3N3O4S/c1-17-4-10-24(11-5-17)37(35,36)32(23-13-21(28)12-22(29)14-23)16-25(33)31(18(2)26(34)30-3)15-19-6-8-20(27)9-7-19/h4-14,18H,15-16H2,1-3H3,(H,30,34). The molecule has 0 aromatic heterocycles. The molecular weight excluding hydrogens is 557 g/mol. The number of nitrogens with one attached hydrogen (secondary N) is 1. The number of carbonyl (C=O) groups excluding carboxylic acids is 2. The Labute approximate surface area is 232 Å². The fourth-order valence-electron chi connectivity index (χ4n) is 3.63. The summed E-state index contributed by atoms with van der Waals surface area (Å²) >= 11 is 18.3. The van der Waals surface area contributed by atoms with Gasteiger partial charge in [0.05, 0.1) is 10.6 Å². The van der Waals surface area contributed by atoms with Crippen LogP contribution in [0.25, 0.3) is 0 Å². The van der Waals surface area contributed by atoms with E-state index in [-0.39, 0.29) is 27.2 Å². The van der Waals surface area contributed by atoms with Gasteiger partial charge in [-0.3, -0.25) is 13.9 Å². The van der Waals surface area contributed by atoms with Gasteiger partial charge in [-0.05, 0) is 61.9 Å². The molecule has 3 aromatic rings. The molecule has 11 heteroatoms. The fourth-order valence-corrected chi connectivity index (χ4v) is 5.67. The predicted octanol–water partition coefficient (Wildman–Crippen LogP) is 5.31. The summed E-state index contributed by atoms with van der Waals surface area (Å²) in [5.74, 6) is -1.00. The van der Waals surface area contributed by atoms with Crippen molar-refractivity contribution in [2.75, 3.05) is 17.9 Å². The van der Waals surface area contributed by atoms with Gasteiger partial charge in [-0.25, -0.2) is 8.42 Å². The Balaban J connectivity index is 2.06. The quantitative estimate of drug-likeness (QED) is 0.370. The molecule has 0 heterocycles. The molecule has 0 fully saturated rings. The topological polar surface area (TPSA) is 86.8 Å². The van der Waals surface area contributed by atoms with Crippen molar-refractivity contribution in [3.63, 3.8) is 0 Å². The van der Waals surface area contributed by atoms with E-state index in [4.69, 9.17) is 34.8 Å². The van der Waals surface area contributed by atoms with Gasteiger partial charge in [0, 0.05) is 28.7 Å². The SMILES string of the molecule is CNC(=O)C(C)N(Cc1ccc(Cl)cc1)C(=O)CN(c1cc(Cl)cc(Cl)c1)S(=O)(=O)c1ccc(C)cc1. The lowest BCUT2D eigenvalue weighted by atomic mass is 10.1.